The molecule has 0 bridgehead atoms. The van der Waals surface area contributed by atoms with Gasteiger partial charge in [-0.25, -0.2) is 13.2 Å². The molecule has 4 nitrogen and oxygen atoms in total. The van der Waals surface area contributed by atoms with E-state index in [0.717, 1.165) is 6.07 Å². The molecule has 0 amide bonds. The minimum Gasteiger partial charge on any atom is -0.492 e. The van der Waals surface area contributed by atoms with Crippen molar-refractivity contribution in [2.45, 2.75) is 12.8 Å². The highest BCUT2D eigenvalue weighted by Crippen LogP contribution is 2.32. The molecule has 0 saturated carbocycles. The van der Waals surface area contributed by atoms with E-state index < -0.39 is 34.3 Å². The number of nitriles is 1. The molecule has 80 valence electrons. The van der Waals surface area contributed by atoms with Gasteiger partial charge in [0.25, 0.3) is 11.5 Å². The first-order valence-corrected chi connectivity index (χ1v) is 3.72. The van der Waals surface area contributed by atoms with Crippen LogP contribution >= 0.6 is 0 Å². The van der Waals surface area contributed by atoms with Gasteiger partial charge in [0.05, 0.1) is 5.56 Å². The molecule has 0 aromatic carbocycles. The van der Waals surface area contributed by atoms with E-state index in [2.05, 4.69) is 0 Å². The highest BCUT2D eigenvalue weighted by atomic mass is 19.3. The maximum absolute atomic E-state index is 13.1. The second-order valence-corrected chi connectivity index (χ2v) is 2.87. The summed E-state index contributed by atoms with van der Waals surface area (Å²) in [6.07, 6.45) is 0. The third-order valence-electron chi connectivity index (χ3n) is 1.69. The highest BCUT2D eigenvalue weighted by Gasteiger charge is 2.35. The van der Waals surface area contributed by atoms with Crippen LogP contribution in [0.3, 0.4) is 0 Å². The zero-order valence-corrected chi connectivity index (χ0v) is 7.44. The van der Waals surface area contributed by atoms with Crippen molar-refractivity contribution in [1.82, 2.24) is 4.98 Å². The van der Waals surface area contributed by atoms with Gasteiger partial charge in [-0.3, -0.25) is 9.78 Å². The summed E-state index contributed by atoms with van der Waals surface area (Å²) in [4.78, 5) is 12.5. The molecule has 0 aliphatic rings. The number of aromatic hydroxyl groups is 1. The van der Waals surface area contributed by atoms with Crippen LogP contribution in [-0.4, -0.2) is 10.1 Å². The van der Waals surface area contributed by atoms with Gasteiger partial charge in [0.2, 0.25) is 5.88 Å². The zero-order chi connectivity index (χ0) is 11.8. The van der Waals surface area contributed by atoms with Crippen molar-refractivity contribution in [3.8, 4) is 11.9 Å². The SMILES string of the molecule is CC(F)(F)c1c(F)c(O)[nH]c(=O)c1C#N. The minimum atomic E-state index is -3.72. The Morgan fingerprint density at radius 2 is 2.07 bits per heavy atom. The number of alkyl halides is 2. The molecule has 1 aromatic rings. The molecule has 0 spiro atoms. The van der Waals surface area contributed by atoms with Crippen molar-refractivity contribution in [2.75, 3.05) is 0 Å². The largest absolute Gasteiger partial charge is 0.492 e. The van der Waals surface area contributed by atoms with E-state index in [1.54, 1.807) is 0 Å². The summed E-state index contributed by atoms with van der Waals surface area (Å²) in [5.41, 5.74) is -3.70. The third-order valence-corrected chi connectivity index (χ3v) is 1.69. The maximum atomic E-state index is 13.1. The van der Waals surface area contributed by atoms with Gasteiger partial charge in [-0.15, -0.1) is 0 Å². The van der Waals surface area contributed by atoms with Gasteiger partial charge in [-0.1, -0.05) is 0 Å². The fourth-order valence-electron chi connectivity index (χ4n) is 1.09. The lowest BCUT2D eigenvalue weighted by atomic mass is 10.1. The van der Waals surface area contributed by atoms with Crippen molar-refractivity contribution in [1.29, 1.82) is 5.26 Å². The molecule has 2 N–H and O–H groups in total. The Bertz CT molecular complexity index is 496. The third kappa shape index (κ3) is 1.79. The smallest absolute Gasteiger partial charge is 0.275 e. The van der Waals surface area contributed by atoms with E-state index in [4.69, 9.17) is 10.4 Å². The van der Waals surface area contributed by atoms with Gasteiger partial charge in [-0.05, 0) is 0 Å². The zero-order valence-electron chi connectivity index (χ0n) is 7.44. The quantitative estimate of drug-likeness (QED) is 0.743. The number of nitrogens with zero attached hydrogens (tertiary/aromatic N) is 1. The monoisotopic (exact) mass is 218 g/mol. The van der Waals surface area contributed by atoms with Gasteiger partial charge in [0.15, 0.2) is 5.82 Å². The van der Waals surface area contributed by atoms with Crippen molar-refractivity contribution < 1.29 is 18.3 Å². The Labute approximate surface area is 81.6 Å². The van der Waals surface area contributed by atoms with E-state index in [-0.39, 0.29) is 0 Å². The first kappa shape index (κ1) is 11.1. The van der Waals surface area contributed by atoms with Gasteiger partial charge in [0.1, 0.15) is 11.6 Å². The summed E-state index contributed by atoms with van der Waals surface area (Å²) >= 11 is 0. The molecule has 0 fully saturated rings. The molecule has 7 heteroatoms. The highest BCUT2D eigenvalue weighted by molar-refractivity contribution is 5.41. The molecule has 1 aromatic heterocycles. The number of hydrogen-bond acceptors (Lipinski definition) is 3. The first-order valence-electron chi connectivity index (χ1n) is 3.72. The Morgan fingerprint density at radius 3 is 2.47 bits per heavy atom. The molecule has 15 heavy (non-hydrogen) atoms. The lowest BCUT2D eigenvalue weighted by Gasteiger charge is -2.12. The van der Waals surface area contributed by atoms with E-state index in [9.17, 15) is 18.0 Å². The van der Waals surface area contributed by atoms with Crippen molar-refractivity contribution in [3.05, 3.63) is 27.3 Å². The number of aromatic nitrogens is 1. The number of aromatic amines is 1. The Kier molecular flexibility index (Phi) is 2.45. The number of rotatable bonds is 1. The van der Waals surface area contributed by atoms with E-state index in [0.29, 0.717) is 6.92 Å². The average Bonchev–Trinajstić information content (AvgIpc) is 2.08. The van der Waals surface area contributed by atoms with Crippen molar-refractivity contribution in [3.63, 3.8) is 0 Å². The molecule has 0 unspecified atom stereocenters. The van der Waals surface area contributed by atoms with Crippen LogP contribution in [0.25, 0.3) is 0 Å². The van der Waals surface area contributed by atoms with Gasteiger partial charge < -0.3 is 5.11 Å². The van der Waals surface area contributed by atoms with E-state index >= 15 is 0 Å². The van der Waals surface area contributed by atoms with Crippen LogP contribution in [0.2, 0.25) is 0 Å². The molecular formula is C8H5F3N2O2. The molecule has 1 heterocycles. The molecule has 0 aliphatic carbocycles. The summed E-state index contributed by atoms with van der Waals surface area (Å²) in [5, 5.41) is 17.2. The normalized spacial score (nSPS) is 11.1. The number of H-pyrrole nitrogens is 1. The lowest BCUT2D eigenvalue weighted by Crippen LogP contribution is -2.22. The predicted molar refractivity (Wildman–Crippen MR) is 43.0 cm³/mol. The summed E-state index contributed by atoms with van der Waals surface area (Å²) in [6.45, 7) is 0.325. The topological polar surface area (TPSA) is 76.9 Å². The molecule has 0 atom stereocenters. The molecule has 1 rings (SSSR count). The van der Waals surface area contributed by atoms with Crippen LogP contribution in [0.15, 0.2) is 4.79 Å². The molecular weight excluding hydrogens is 213 g/mol. The standard InChI is InChI=1S/C8H5F3N2O2/c1-8(10,11)4-3(2-12)6(14)13-7(15)5(4)9/h1H3,(H2,13,14,15). The second-order valence-electron chi connectivity index (χ2n) is 2.87. The first-order chi connectivity index (χ1) is 6.79. The lowest BCUT2D eigenvalue weighted by molar-refractivity contribution is 0.0126. The van der Waals surface area contributed by atoms with Gasteiger partial charge in [-0.2, -0.15) is 5.26 Å². The molecule has 0 aliphatic heterocycles. The van der Waals surface area contributed by atoms with Crippen LogP contribution in [0, 0.1) is 17.1 Å². The van der Waals surface area contributed by atoms with Crippen LogP contribution in [-0.2, 0) is 5.92 Å². The fourth-order valence-corrected chi connectivity index (χ4v) is 1.09. The Balaban J connectivity index is 3.77. The van der Waals surface area contributed by atoms with Crippen LogP contribution in [0.5, 0.6) is 5.88 Å². The maximum Gasteiger partial charge on any atom is 0.275 e. The van der Waals surface area contributed by atoms with Crippen molar-refractivity contribution in [2.24, 2.45) is 0 Å². The number of halogens is 3. The van der Waals surface area contributed by atoms with Crippen molar-refractivity contribution >= 4 is 0 Å². The second kappa shape index (κ2) is 3.31. The van der Waals surface area contributed by atoms with Gasteiger partial charge >= 0.3 is 0 Å². The molecule has 0 saturated heterocycles. The summed E-state index contributed by atoms with van der Waals surface area (Å²) in [6, 6.07) is 1.16. The number of nitrogens with one attached hydrogen (secondary N) is 1. The Morgan fingerprint density at radius 1 is 1.53 bits per heavy atom. The van der Waals surface area contributed by atoms with Gasteiger partial charge in [0, 0.05) is 6.92 Å². The van der Waals surface area contributed by atoms with E-state index in [1.807, 2.05) is 0 Å². The van der Waals surface area contributed by atoms with Crippen LogP contribution in [0.1, 0.15) is 18.1 Å². The molecule has 0 radical (unpaired) electrons. The fraction of sp³-hybridized carbons (Fsp3) is 0.250. The number of pyridine rings is 1. The summed E-state index contributed by atoms with van der Waals surface area (Å²) in [7, 11) is 0. The number of hydrogen-bond donors (Lipinski definition) is 2. The summed E-state index contributed by atoms with van der Waals surface area (Å²) in [5.74, 6) is -6.73. The van der Waals surface area contributed by atoms with Crippen LogP contribution < -0.4 is 5.56 Å². The van der Waals surface area contributed by atoms with Crippen LogP contribution in [0.4, 0.5) is 13.2 Å². The Hall–Kier alpha value is -1.97. The predicted octanol–water partition coefficient (Wildman–Crippen LogP) is 1.20. The van der Waals surface area contributed by atoms with E-state index in [1.165, 1.54) is 4.98 Å². The average molecular weight is 218 g/mol. The minimum absolute atomic E-state index is 0.325. The summed E-state index contributed by atoms with van der Waals surface area (Å²) < 4.78 is 38.8.